The summed E-state index contributed by atoms with van der Waals surface area (Å²) in [6, 6.07) is 18.9. The number of methoxy groups -OCH3 is 1. The first-order valence-electron chi connectivity index (χ1n) is 7.73. The van der Waals surface area contributed by atoms with E-state index in [-0.39, 0.29) is 0 Å². The molecule has 0 unspecified atom stereocenters. The third-order valence-electron chi connectivity index (χ3n) is 3.65. The van der Waals surface area contributed by atoms with Gasteiger partial charge in [-0.3, -0.25) is 0 Å². The zero-order valence-electron chi connectivity index (χ0n) is 13.0. The predicted molar refractivity (Wildman–Crippen MR) is 91.4 cm³/mol. The van der Waals surface area contributed by atoms with Crippen LogP contribution < -0.4 is 4.74 Å². The summed E-state index contributed by atoms with van der Waals surface area (Å²) >= 11 is 0. The Hall–Kier alpha value is -2.02. The lowest BCUT2D eigenvalue weighted by atomic mass is 9.97. The van der Waals surface area contributed by atoms with Crippen molar-refractivity contribution in [1.82, 2.24) is 0 Å². The van der Waals surface area contributed by atoms with E-state index in [1.807, 2.05) is 12.1 Å². The number of ether oxygens (including phenoxy) is 1. The predicted octanol–water partition coefficient (Wildman–Crippen LogP) is 5.82. The van der Waals surface area contributed by atoms with Crippen molar-refractivity contribution in [2.45, 2.75) is 32.6 Å². The van der Waals surface area contributed by atoms with Crippen LogP contribution in [0.15, 0.2) is 54.6 Å². The van der Waals surface area contributed by atoms with E-state index in [0.29, 0.717) is 0 Å². The SMILES string of the molecule is CCCCC/C(=C/c1ccccc1)c1ccc(OC)cc1. The van der Waals surface area contributed by atoms with Crippen molar-refractivity contribution >= 4 is 11.6 Å². The Morgan fingerprint density at radius 2 is 1.67 bits per heavy atom. The summed E-state index contributed by atoms with van der Waals surface area (Å²) in [5, 5.41) is 0. The molecule has 0 heterocycles. The molecule has 0 atom stereocenters. The Morgan fingerprint density at radius 1 is 0.952 bits per heavy atom. The lowest BCUT2D eigenvalue weighted by Crippen LogP contribution is -1.88. The molecule has 0 N–H and O–H groups in total. The van der Waals surface area contributed by atoms with Gasteiger partial charge in [0.05, 0.1) is 7.11 Å². The number of rotatable bonds is 7. The second-order valence-corrected chi connectivity index (χ2v) is 5.27. The monoisotopic (exact) mass is 280 g/mol. The van der Waals surface area contributed by atoms with Gasteiger partial charge in [0.1, 0.15) is 5.75 Å². The minimum atomic E-state index is 0.909. The number of hydrogen-bond donors (Lipinski definition) is 0. The molecule has 0 radical (unpaired) electrons. The smallest absolute Gasteiger partial charge is 0.118 e. The topological polar surface area (TPSA) is 9.23 Å². The summed E-state index contributed by atoms with van der Waals surface area (Å²) in [5.74, 6) is 0.909. The van der Waals surface area contributed by atoms with E-state index >= 15 is 0 Å². The van der Waals surface area contributed by atoms with Gasteiger partial charge in [-0.2, -0.15) is 0 Å². The van der Waals surface area contributed by atoms with Gasteiger partial charge in [0.25, 0.3) is 0 Å². The second-order valence-electron chi connectivity index (χ2n) is 5.27. The zero-order chi connectivity index (χ0) is 14.9. The highest BCUT2D eigenvalue weighted by atomic mass is 16.5. The van der Waals surface area contributed by atoms with E-state index in [4.69, 9.17) is 4.74 Å². The molecule has 1 nitrogen and oxygen atoms in total. The number of allylic oxidation sites excluding steroid dienone is 1. The highest BCUT2D eigenvalue weighted by molar-refractivity contribution is 5.81. The van der Waals surface area contributed by atoms with Crippen molar-refractivity contribution in [1.29, 1.82) is 0 Å². The minimum Gasteiger partial charge on any atom is -0.497 e. The average Bonchev–Trinajstić information content (AvgIpc) is 2.55. The molecule has 2 aromatic rings. The molecule has 2 aromatic carbocycles. The molecule has 0 saturated carbocycles. The molecule has 0 aliphatic heterocycles. The normalized spacial score (nSPS) is 11.4. The van der Waals surface area contributed by atoms with Gasteiger partial charge in [-0.1, -0.05) is 68.3 Å². The van der Waals surface area contributed by atoms with Crippen molar-refractivity contribution < 1.29 is 4.74 Å². The van der Waals surface area contributed by atoms with Crippen LogP contribution in [0.3, 0.4) is 0 Å². The quantitative estimate of drug-likeness (QED) is 0.459. The summed E-state index contributed by atoms with van der Waals surface area (Å²) in [4.78, 5) is 0. The van der Waals surface area contributed by atoms with Crippen LogP contribution in [-0.4, -0.2) is 7.11 Å². The standard InChI is InChI=1S/C20H24O/c1-3-4-6-11-19(16-17-9-7-5-8-10-17)18-12-14-20(21-2)15-13-18/h5,7-10,12-16H,3-4,6,11H2,1-2H3/b19-16-. The Morgan fingerprint density at radius 3 is 2.29 bits per heavy atom. The summed E-state index contributed by atoms with van der Waals surface area (Å²) in [5.41, 5.74) is 3.95. The largest absolute Gasteiger partial charge is 0.497 e. The molecular formula is C20H24O. The van der Waals surface area contributed by atoms with Crippen molar-refractivity contribution in [2.75, 3.05) is 7.11 Å². The molecule has 0 aliphatic carbocycles. The van der Waals surface area contributed by atoms with Crippen LogP contribution in [0.25, 0.3) is 11.6 Å². The fourth-order valence-corrected chi connectivity index (χ4v) is 2.42. The Kier molecular flexibility index (Phi) is 6.08. The molecule has 0 spiro atoms. The van der Waals surface area contributed by atoms with Gasteiger partial charge in [-0.15, -0.1) is 0 Å². The van der Waals surface area contributed by atoms with Gasteiger partial charge >= 0.3 is 0 Å². The molecule has 0 amide bonds. The van der Waals surface area contributed by atoms with E-state index in [1.165, 1.54) is 36.0 Å². The highest BCUT2D eigenvalue weighted by Crippen LogP contribution is 2.26. The van der Waals surface area contributed by atoms with Gasteiger partial charge in [0.15, 0.2) is 0 Å². The maximum Gasteiger partial charge on any atom is 0.118 e. The van der Waals surface area contributed by atoms with E-state index in [9.17, 15) is 0 Å². The van der Waals surface area contributed by atoms with Crippen LogP contribution in [0.5, 0.6) is 5.75 Å². The lowest BCUT2D eigenvalue weighted by Gasteiger charge is -2.09. The zero-order valence-corrected chi connectivity index (χ0v) is 13.0. The third kappa shape index (κ3) is 4.78. The summed E-state index contributed by atoms with van der Waals surface area (Å²) in [7, 11) is 1.71. The summed E-state index contributed by atoms with van der Waals surface area (Å²) in [6.45, 7) is 2.24. The molecule has 0 bridgehead atoms. The van der Waals surface area contributed by atoms with Gasteiger partial charge in [0, 0.05) is 0 Å². The number of unbranched alkanes of at least 4 members (excludes halogenated alkanes) is 2. The molecule has 0 saturated heterocycles. The van der Waals surface area contributed by atoms with Crippen molar-refractivity contribution in [3.05, 3.63) is 65.7 Å². The van der Waals surface area contributed by atoms with Crippen LogP contribution in [-0.2, 0) is 0 Å². The Balaban J connectivity index is 2.24. The van der Waals surface area contributed by atoms with Gasteiger partial charge in [0.2, 0.25) is 0 Å². The van der Waals surface area contributed by atoms with Crippen LogP contribution in [0.1, 0.15) is 43.7 Å². The Labute approximate surface area is 128 Å². The molecule has 0 aromatic heterocycles. The van der Waals surface area contributed by atoms with E-state index in [2.05, 4.69) is 55.5 Å². The maximum absolute atomic E-state index is 5.25. The number of hydrogen-bond acceptors (Lipinski definition) is 1. The molecule has 2 rings (SSSR count). The number of benzene rings is 2. The van der Waals surface area contributed by atoms with E-state index in [0.717, 1.165) is 12.2 Å². The molecule has 0 fully saturated rings. The van der Waals surface area contributed by atoms with E-state index < -0.39 is 0 Å². The molecule has 1 heteroatoms. The first kappa shape index (κ1) is 15.4. The first-order chi connectivity index (χ1) is 10.3. The fourth-order valence-electron chi connectivity index (χ4n) is 2.42. The minimum absolute atomic E-state index is 0.909. The Bertz CT molecular complexity index is 552. The van der Waals surface area contributed by atoms with Crippen molar-refractivity contribution in [3.8, 4) is 5.75 Å². The van der Waals surface area contributed by atoms with Gasteiger partial charge in [-0.25, -0.2) is 0 Å². The van der Waals surface area contributed by atoms with Crippen LogP contribution in [0.4, 0.5) is 0 Å². The molecule has 110 valence electrons. The fraction of sp³-hybridized carbons (Fsp3) is 0.300. The van der Waals surface area contributed by atoms with Gasteiger partial charge < -0.3 is 4.74 Å². The average molecular weight is 280 g/mol. The molecular weight excluding hydrogens is 256 g/mol. The van der Waals surface area contributed by atoms with Crippen LogP contribution in [0, 0.1) is 0 Å². The summed E-state index contributed by atoms with van der Waals surface area (Å²) in [6.07, 6.45) is 7.19. The van der Waals surface area contributed by atoms with Crippen molar-refractivity contribution in [2.24, 2.45) is 0 Å². The van der Waals surface area contributed by atoms with Crippen molar-refractivity contribution in [3.63, 3.8) is 0 Å². The third-order valence-corrected chi connectivity index (χ3v) is 3.65. The van der Waals surface area contributed by atoms with Crippen LogP contribution in [0.2, 0.25) is 0 Å². The van der Waals surface area contributed by atoms with Crippen LogP contribution >= 0.6 is 0 Å². The van der Waals surface area contributed by atoms with E-state index in [1.54, 1.807) is 7.11 Å². The van der Waals surface area contributed by atoms with Gasteiger partial charge in [-0.05, 0) is 41.7 Å². The highest BCUT2D eigenvalue weighted by Gasteiger charge is 2.03. The molecule has 0 aliphatic rings. The molecule has 21 heavy (non-hydrogen) atoms. The summed E-state index contributed by atoms with van der Waals surface area (Å²) < 4.78 is 5.25. The first-order valence-corrected chi connectivity index (χ1v) is 7.73. The maximum atomic E-state index is 5.25. The lowest BCUT2D eigenvalue weighted by molar-refractivity contribution is 0.415. The second kappa shape index (κ2) is 8.31.